The van der Waals surface area contributed by atoms with Crippen LogP contribution in [0.2, 0.25) is 0 Å². The van der Waals surface area contributed by atoms with Crippen molar-refractivity contribution in [1.29, 1.82) is 0 Å². The minimum absolute atomic E-state index is 0.0592. The zero-order valence-corrected chi connectivity index (χ0v) is 11.5. The Labute approximate surface area is 105 Å². The van der Waals surface area contributed by atoms with Gasteiger partial charge in [-0.3, -0.25) is 4.90 Å². The summed E-state index contributed by atoms with van der Waals surface area (Å²) in [5.74, 6) is 0. The molecule has 0 bridgehead atoms. The number of nitrogens with zero attached hydrogens (tertiary/aromatic N) is 1. The number of nitrogens with two attached hydrogens (primary N) is 1. The molecular formula is C13H28N2O2. The summed E-state index contributed by atoms with van der Waals surface area (Å²) in [5.41, 5.74) is 5.50. The SMILES string of the molecule is CCC1COC(C)CN1CCCC(C)(N)CO. The van der Waals surface area contributed by atoms with Gasteiger partial charge >= 0.3 is 0 Å². The molecule has 1 rings (SSSR count). The Bertz CT molecular complexity index is 221. The third kappa shape index (κ3) is 4.92. The first-order valence-electron chi connectivity index (χ1n) is 6.74. The number of hydrogen-bond donors (Lipinski definition) is 2. The van der Waals surface area contributed by atoms with Gasteiger partial charge in [0.2, 0.25) is 0 Å². The van der Waals surface area contributed by atoms with Crippen molar-refractivity contribution in [3.63, 3.8) is 0 Å². The number of aliphatic hydroxyl groups is 1. The maximum Gasteiger partial charge on any atom is 0.0674 e. The van der Waals surface area contributed by atoms with Crippen LogP contribution < -0.4 is 5.73 Å². The molecular weight excluding hydrogens is 216 g/mol. The van der Waals surface area contributed by atoms with Crippen molar-refractivity contribution >= 4 is 0 Å². The van der Waals surface area contributed by atoms with Crippen LogP contribution in [0.3, 0.4) is 0 Å². The smallest absolute Gasteiger partial charge is 0.0674 e. The third-order valence-corrected chi connectivity index (χ3v) is 3.61. The maximum absolute atomic E-state index is 9.11. The monoisotopic (exact) mass is 244 g/mol. The van der Waals surface area contributed by atoms with Crippen LogP contribution in [0.1, 0.15) is 40.0 Å². The van der Waals surface area contributed by atoms with E-state index in [-0.39, 0.29) is 6.61 Å². The fourth-order valence-electron chi connectivity index (χ4n) is 2.33. The van der Waals surface area contributed by atoms with Gasteiger partial charge in [0.1, 0.15) is 0 Å². The lowest BCUT2D eigenvalue weighted by Gasteiger charge is -2.38. The van der Waals surface area contributed by atoms with Gasteiger partial charge in [-0.05, 0) is 39.7 Å². The lowest BCUT2D eigenvalue weighted by atomic mass is 9.98. The Morgan fingerprint density at radius 3 is 2.82 bits per heavy atom. The van der Waals surface area contributed by atoms with Gasteiger partial charge in [0, 0.05) is 18.1 Å². The fraction of sp³-hybridized carbons (Fsp3) is 1.00. The van der Waals surface area contributed by atoms with Gasteiger partial charge in [0.05, 0.1) is 19.3 Å². The molecule has 17 heavy (non-hydrogen) atoms. The number of ether oxygens (including phenoxy) is 1. The van der Waals surface area contributed by atoms with E-state index < -0.39 is 5.54 Å². The van der Waals surface area contributed by atoms with Crippen molar-refractivity contribution in [2.75, 3.05) is 26.3 Å². The third-order valence-electron chi connectivity index (χ3n) is 3.61. The Kier molecular flexibility index (Phi) is 5.86. The van der Waals surface area contributed by atoms with Crippen LogP contribution in [0.15, 0.2) is 0 Å². The van der Waals surface area contributed by atoms with E-state index in [4.69, 9.17) is 15.6 Å². The zero-order valence-electron chi connectivity index (χ0n) is 11.5. The fourth-order valence-corrected chi connectivity index (χ4v) is 2.33. The molecule has 0 saturated carbocycles. The molecule has 1 heterocycles. The number of rotatable bonds is 6. The van der Waals surface area contributed by atoms with Gasteiger partial charge in [0.25, 0.3) is 0 Å². The highest BCUT2D eigenvalue weighted by atomic mass is 16.5. The first kappa shape index (κ1) is 14.9. The molecule has 0 spiro atoms. The van der Waals surface area contributed by atoms with Crippen LogP contribution >= 0.6 is 0 Å². The van der Waals surface area contributed by atoms with Crippen molar-refractivity contribution in [3.8, 4) is 0 Å². The average molecular weight is 244 g/mol. The molecule has 1 aliphatic heterocycles. The van der Waals surface area contributed by atoms with E-state index in [1.807, 2.05) is 6.92 Å². The molecule has 1 aliphatic rings. The van der Waals surface area contributed by atoms with Crippen molar-refractivity contribution in [3.05, 3.63) is 0 Å². The van der Waals surface area contributed by atoms with Crippen molar-refractivity contribution in [2.24, 2.45) is 5.73 Å². The summed E-state index contributed by atoms with van der Waals surface area (Å²) in [6.07, 6.45) is 3.37. The topological polar surface area (TPSA) is 58.7 Å². The second kappa shape index (κ2) is 6.69. The second-order valence-electron chi connectivity index (χ2n) is 5.62. The summed E-state index contributed by atoms with van der Waals surface area (Å²) in [4.78, 5) is 2.50. The average Bonchev–Trinajstić information content (AvgIpc) is 2.29. The molecule has 0 amide bonds. The lowest BCUT2D eigenvalue weighted by molar-refractivity contribution is -0.0565. The van der Waals surface area contributed by atoms with Gasteiger partial charge in [-0.15, -0.1) is 0 Å². The van der Waals surface area contributed by atoms with Crippen LogP contribution in [0.5, 0.6) is 0 Å². The highest BCUT2D eigenvalue weighted by Gasteiger charge is 2.25. The number of aliphatic hydroxyl groups excluding tert-OH is 1. The quantitative estimate of drug-likeness (QED) is 0.731. The van der Waals surface area contributed by atoms with Crippen LogP contribution in [-0.2, 0) is 4.74 Å². The molecule has 1 fully saturated rings. The molecule has 4 nitrogen and oxygen atoms in total. The van der Waals surface area contributed by atoms with Gasteiger partial charge < -0.3 is 15.6 Å². The summed E-state index contributed by atoms with van der Waals surface area (Å²) >= 11 is 0. The summed E-state index contributed by atoms with van der Waals surface area (Å²) in [6.45, 7) is 9.21. The first-order chi connectivity index (χ1) is 7.98. The van der Waals surface area contributed by atoms with Crippen LogP contribution in [0.4, 0.5) is 0 Å². The van der Waals surface area contributed by atoms with Crippen LogP contribution in [-0.4, -0.2) is 54.0 Å². The van der Waals surface area contributed by atoms with E-state index in [2.05, 4.69) is 18.7 Å². The van der Waals surface area contributed by atoms with E-state index in [1.165, 1.54) is 0 Å². The van der Waals surface area contributed by atoms with Crippen molar-refractivity contribution < 1.29 is 9.84 Å². The Hall–Kier alpha value is -0.160. The Morgan fingerprint density at radius 2 is 2.24 bits per heavy atom. The second-order valence-corrected chi connectivity index (χ2v) is 5.62. The van der Waals surface area contributed by atoms with Crippen molar-refractivity contribution in [1.82, 2.24) is 4.90 Å². The van der Waals surface area contributed by atoms with Gasteiger partial charge in [-0.25, -0.2) is 0 Å². The minimum atomic E-state index is -0.431. The van der Waals surface area contributed by atoms with Crippen molar-refractivity contribution in [2.45, 2.75) is 57.7 Å². The molecule has 0 aliphatic carbocycles. The largest absolute Gasteiger partial charge is 0.394 e. The molecule has 102 valence electrons. The molecule has 0 aromatic heterocycles. The van der Waals surface area contributed by atoms with E-state index in [1.54, 1.807) is 0 Å². The Morgan fingerprint density at radius 1 is 1.53 bits per heavy atom. The van der Waals surface area contributed by atoms with E-state index in [0.717, 1.165) is 39.0 Å². The molecule has 3 atom stereocenters. The molecule has 0 radical (unpaired) electrons. The highest BCUT2D eigenvalue weighted by Crippen LogP contribution is 2.16. The molecule has 3 N–H and O–H groups in total. The standard InChI is InChI=1S/C13H28N2O2/c1-4-12-9-17-11(2)8-15(12)7-5-6-13(3,14)10-16/h11-12,16H,4-10,14H2,1-3H3. The normalized spacial score (nSPS) is 30.2. The molecule has 1 saturated heterocycles. The molecule has 3 unspecified atom stereocenters. The van der Waals surface area contributed by atoms with Crippen LogP contribution in [0.25, 0.3) is 0 Å². The van der Waals surface area contributed by atoms with Gasteiger partial charge in [-0.1, -0.05) is 6.92 Å². The summed E-state index contributed by atoms with van der Waals surface area (Å²) in [7, 11) is 0. The van der Waals surface area contributed by atoms with E-state index >= 15 is 0 Å². The van der Waals surface area contributed by atoms with E-state index in [0.29, 0.717) is 12.1 Å². The lowest BCUT2D eigenvalue weighted by Crippen LogP contribution is -2.49. The number of morpholine rings is 1. The Balaban J connectivity index is 2.33. The predicted molar refractivity (Wildman–Crippen MR) is 70.0 cm³/mol. The number of hydrogen-bond acceptors (Lipinski definition) is 4. The summed E-state index contributed by atoms with van der Waals surface area (Å²) < 4.78 is 5.67. The van der Waals surface area contributed by atoms with Gasteiger partial charge in [-0.2, -0.15) is 0 Å². The predicted octanol–water partition coefficient (Wildman–Crippen LogP) is 0.976. The molecule has 0 aromatic carbocycles. The minimum Gasteiger partial charge on any atom is -0.394 e. The molecule has 4 heteroatoms. The van der Waals surface area contributed by atoms with E-state index in [9.17, 15) is 0 Å². The maximum atomic E-state index is 9.11. The first-order valence-corrected chi connectivity index (χ1v) is 6.74. The summed E-state index contributed by atoms with van der Waals surface area (Å²) in [6, 6.07) is 0.546. The zero-order chi connectivity index (χ0) is 12.9. The van der Waals surface area contributed by atoms with Crippen LogP contribution in [0, 0.1) is 0 Å². The van der Waals surface area contributed by atoms with Gasteiger partial charge in [0.15, 0.2) is 0 Å². The highest BCUT2D eigenvalue weighted by molar-refractivity contribution is 4.81. The molecule has 0 aromatic rings. The summed E-state index contributed by atoms with van der Waals surface area (Å²) in [5, 5.41) is 9.11.